The first-order valence-corrected chi connectivity index (χ1v) is 5.85. The van der Waals surface area contributed by atoms with Crippen LogP contribution in [0.5, 0.6) is 0 Å². The lowest BCUT2D eigenvalue weighted by molar-refractivity contribution is -0.384. The summed E-state index contributed by atoms with van der Waals surface area (Å²) in [5.74, 6) is 0.616. The average Bonchev–Trinajstić information content (AvgIpc) is 2.53. The lowest BCUT2D eigenvalue weighted by atomic mass is 10.3. The van der Waals surface area contributed by atoms with Gasteiger partial charge in [-0.2, -0.15) is 0 Å². The summed E-state index contributed by atoms with van der Waals surface area (Å²) in [7, 11) is 0. The van der Waals surface area contributed by atoms with Crippen molar-refractivity contribution in [2.24, 2.45) is 0 Å². The predicted octanol–water partition coefficient (Wildman–Crippen LogP) is 1.19. The van der Waals surface area contributed by atoms with Gasteiger partial charge in [-0.15, -0.1) is 0 Å². The molecule has 7 nitrogen and oxygen atoms in total. The molecule has 0 aromatic carbocycles. The Balaban J connectivity index is 2.35. The Morgan fingerprint density at radius 3 is 3.11 bits per heavy atom. The largest absolute Gasteiger partial charge is 0.384 e. The van der Waals surface area contributed by atoms with Crippen LogP contribution in [-0.4, -0.2) is 35.7 Å². The number of hydrogen-bond donors (Lipinski definition) is 1. The lowest BCUT2D eigenvalue weighted by Gasteiger charge is -2.22. The van der Waals surface area contributed by atoms with Gasteiger partial charge in [0.15, 0.2) is 0 Å². The van der Waals surface area contributed by atoms with Crippen LogP contribution in [0.15, 0.2) is 12.1 Å². The van der Waals surface area contributed by atoms with E-state index in [0.29, 0.717) is 25.5 Å². The number of aromatic nitrogens is 1. The second kappa shape index (κ2) is 5.18. The van der Waals surface area contributed by atoms with E-state index in [0.717, 1.165) is 6.42 Å². The van der Waals surface area contributed by atoms with Gasteiger partial charge < -0.3 is 15.4 Å². The molecule has 0 spiro atoms. The minimum atomic E-state index is -0.432. The zero-order chi connectivity index (χ0) is 13.1. The topological polar surface area (TPSA) is 94.5 Å². The van der Waals surface area contributed by atoms with Crippen LogP contribution in [0.25, 0.3) is 0 Å². The van der Waals surface area contributed by atoms with Gasteiger partial charge in [0.25, 0.3) is 0 Å². The normalized spacial score (nSPS) is 20.5. The third-order valence-corrected chi connectivity index (χ3v) is 2.82. The van der Waals surface area contributed by atoms with Crippen molar-refractivity contribution >= 4 is 17.3 Å². The number of hydrogen-bond acceptors (Lipinski definition) is 6. The first-order chi connectivity index (χ1) is 8.58. The number of rotatable bonds is 2. The minimum Gasteiger partial charge on any atom is -0.384 e. The van der Waals surface area contributed by atoms with Gasteiger partial charge in [-0.1, -0.05) is 0 Å². The molecule has 1 aliphatic heterocycles. The molecule has 1 unspecified atom stereocenters. The molecular weight excluding hydrogens is 236 g/mol. The Labute approximate surface area is 105 Å². The first-order valence-electron chi connectivity index (χ1n) is 5.85. The summed E-state index contributed by atoms with van der Waals surface area (Å²) in [6.07, 6.45) is 0.841. The van der Waals surface area contributed by atoms with Crippen molar-refractivity contribution < 1.29 is 9.66 Å². The van der Waals surface area contributed by atoms with E-state index in [2.05, 4.69) is 4.98 Å². The maximum atomic E-state index is 11.0. The fourth-order valence-corrected chi connectivity index (χ4v) is 2.02. The molecule has 1 saturated heterocycles. The highest BCUT2D eigenvalue weighted by molar-refractivity contribution is 5.61. The third-order valence-electron chi connectivity index (χ3n) is 2.82. The summed E-state index contributed by atoms with van der Waals surface area (Å²) in [6.45, 7) is 3.86. The predicted molar refractivity (Wildman–Crippen MR) is 67.5 cm³/mol. The molecular formula is C11H16N4O3. The van der Waals surface area contributed by atoms with Gasteiger partial charge in [0.05, 0.1) is 11.0 Å². The molecule has 1 atom stereocenters. The van der Waals surface area contributed by atoms with Crippen molar-refractivity contribution in [3.05, 3.63) is 22.2 Å². The van der Waals surface area contributed by atoms with Crippen LogP contribution in [0.2, 0.25) is 0 Å². The van der Waals surface area contributed by atoms with Crippen LogP contribution in [0.3, 0.4) is 0 Å². The number of nitrogens with zero attached hydrogens (tertiary/aromatic N) is 3. The van der Waals surface area contributed by atoms with E-state index in [9.17, 15) is 10.1 Å². The fraction of sp³-hybridized carbons (Fsp3) is 0.545. The number of anilines is 2. The summed E-state index contributed by atoms with van der Waals surface area (Å²) in [5.41, 5.74) is 5.60. The van der Waals surface area contributed by atoms with Gasteiger partial charge >= 0.3 is 5.69 Å². The zero-order valence-corrected chi connectivity index (χ0v) is 10.2. The molecule has 2 N–H and O–H groups in total. The maximum Gasteiger partial charge on any atom is 0.311 e. The molecule has 2 rings (SSSR count). The zero-order valence-electron chi connectivity index (χ0n) is 10.2. The van der Waals surface area contributed by atoms with Crippen molar-refractivity contribution in [2.45, 2.75) is 19.4 Å². The van der Waals surface area contributed by atoms with E-state index in [1.807, 2.05) is 11.8 Å². The molecule has 1 aliphatic rings. The minimum absolute atomic E-state index is 0.0155. The van der Waals surface area contributed by atoms with Gasteiger partial charge in [-0.05, 0) is 19.4 Å². The Morgan fingerprint density at radius 2 is 2.39 bits per heavy atom. The van der Waals surface area contributed by atoms with Crippen LogP contribution in [0, 0.1) is 10.1 Å². The SMILES string of the molecule is CC1CN(c2nc(N)ccc2[N+](=O)[O-])CCCO1. The van der Waals surface area contributed by atoms with Crippen molar-refractivity contribution in [2.75, 3.05) is 30.3 Å². The van der Waals surface area contributed by atoms with Crippen molar-refractivity contribution in [3.63, 3.8) is 0 Å². The van der Waals surface area contributed by atoms with Crippen molar-refractivity contribution in [3.8, 4) is 0 Å². The van der Waals surface area contributed by atoms with Crippen molar-refractivity contribution in [1.29, 1.82) is 0 Å². The quantitative estimate of drug-likeness (QED) is 0.627. The highest BCUT2D eigenvalue weighted by atomic mass is 16.6. The molecule has 1 aromatic rings. The van der Waals surface area contributed by atoms with Gasteiger partial charge in [0.1, 0.15) is 5.82 Å². The van der Waals surface area contributed by atoms with Crippen LogP contribution >= 0.6 is 0 Å². The summed E-state index contributed by atoms with van der Waals surface area (Å²) in [5, 5.41) is 11.0. The molecule has 1 fully saturated rings. The van der Waals surface area contributed by atoms with E-state index in [1.54, 1.807) is 0 Å². The average molecular weight is 252 g/mol. The summed E-state index contributed by atoms with van der Waals surface area (Å²) in [6, 6.07) is 2.84. The molecule has 2 heterocycles. The summed E-state index contributed by atoms with van der Waals surface area (Å²) in [4.78, 5) is 16.5. The summed E-state index contributed by atoms with van der Waals surface area (Å²) < 4.78 is 5.51. The second-order valence-electron chi connectivity index (χ2n) is 4.32. The van der Waals surface area contributed by atoms with Gasteiger partial charge in [0, 0.05) is 25.8 Å². The smallest absolute Gasteiger partial charge is 0.311 e. The highest BCUT2D eigenvalue weighted by Crippen LogP contribution is 2.28. The number of nitro groups is 1. The van der Waals surface area contributed by atoms with Crippen LogP contribution in [0.4, 0.5) is 17.3 Å². The molecule has 0 bridgehead atoms. The Hall–Kier alpha value is -1.89. The molecule has 98 valence electrons. The van der Waals surface area contributed by atoms with Gasteiger partial charge in [-0.25, -0.2) is 4.98 Å². The molecule has 0 aliphatic carbocycles. The van der Waals surface area contributed by atoms with E-state index in [-0.39, 0.29) is 17.6 Å². The van der Waals surface area contributed by atoms with Crippen LogP contribution < -0.4 is 10.6 Å². The molecule has 18 heavy (non-hydrogen) atoms. The van der Waals surface area contributed by atoms with Gasteiger partial charge in [-0.3, -0.25) is 10.1 Å². The van der Waals surface area contributed by atoms with Crippen molar-refractivity contribution in [1.82, 2.24) is 4.98 Å². The molecule has 1 aromatic heterocycles. The van der Waals surface area contributed by atoms with E-state index in [1.165, 1.54) is 12.1 Å². The summed E-state index contributed by atoms with van der Waals surface area (Å²) >= 11 is 0. The molecule has 0 radical (unpaired) electrons. The number of pyridine rings is 1. The first kappa shape index (κ1) is 12.6. The highest BCUT2D eigenvalue weighted by Gasteiger charge is 2.24. The monoisotopic (exact) mass is 252 g/mol. The lowest BCUT2D eigenvalue weighted by Crippen LogP contribution is -2.31. The van der Waals surface area contributed by atoms with E-state index in [4.69, 9.17) is 10.5 Å². The second-order valence-corrected chi connectivity index (χ2v) is 4.32. The fourth-order valence-electron chi connectivity index (χ4n) is 2.02. The van der Waals surface area contributed by atoms with Crippen LogP contribution in [-0.2, 0) is 4.74 Å². The van der Waals surface area contributed by atoms with Crippen LogP contribution in [0.1, 0.15) is 13.3 Å². The molecule has 0 amide bonds. The van der Waals surface area contributed by atoms with E-state index >= 15 is 0 Å². The maximum absolute atomic E-state index is 11.0. The van der Waals surface area contributed by atoms with E-state index < -0.39 is 4.92 Å². The Bertz CT molecular complexity index is 452. The number of nitrogens with two attached hydrogens (primary N) is 1. The molecule has 7 heteroatoms. The standard InChI is InChI=1S/C11H16N4O3/c1-8-7-14(5-2-6-18-8)11-9(15(16)17)3-4-10(12)13-11/h3-4,8H,2,5-7H2,1H3,(H2,12,13). The number of ether oxygens (including phenoxy) is 1. The van der Waals surface area contributed by atoms with Gasteiger partial charge in [0.2, 0.25) is 5.82 Å². The number of nitrogen functional groups attached to an aromatic ring is 1. The third kappa shape index (κ3) is 2.67. The molecule has 0 saturated carbocycles. The Kier molecular flexibility index (Phi) is 3.61. The Morgan fingerprint density at radius 1 is 1.61 bits per heavy atom.